The fourth-order valence-electron chi connectivity index (χ4n) is 4.65. The van der Waals surface area contributed by atoms with E-state index in [1.807, 2.05) is 36.2 Å². The lowest BCUT2D eigenvalue weighted by atomic mass is 10.1. The third kappa shape index (κ3) is 5.99. The Hall–Kier alpha value is -3.54. The van der Waals surface area contributed by atoms with Crippen LogP contribution >= 0.6 is 0 Å². The van der Waals surface area contributed by atoms with Crippen LogP contribution in [0.25, 0.3) is 0 Å². The summed E-state index contributed by atoms with van der Waals surface area (Å²) in [6.07, 6.45) is 0.756. The molecule has 4 rings (SSSR count). The van der Waals surface area contributed by atoms with Gasteiger partial charge in [0.1, 0.15) is 5.75 Å². The van der Waals surface area contributed by atoms with Crippen LogP contribution in [0, 0.1) is 11.3 Å². The summed E-state index contributed by atoms with van der Waals surface area (Å²) in [5, 5.41) is 20.1. The van der Waals surface area contributed by atoms with Crippen molar-refractivity contribution in [1.29, 1.82) is 5.26 Å². The van der Waals surface area contributed by atoms with Gasteiger partial charge in [0.2, 0.25) is 0 Å². The molecule has 0 spiro atoms. The molecule has 190 valence electrons. The number of carbonyl (C=O) groups is 1. The minimum Gasteiger partial charge on any atom is -0.491 e. The number of nitrogens with one attached hydrogen (secondary N) is 2. The van der Waals surface area contributed by atoms with Crippen LogP contribution in [-0.2, 0) is 24.3 Å². The predicted molar refractivity (Wildman–Crippen MR) is 141 cm³/mol. The fourth-order valence-corrected chi connectivity index (χ4v) is 4.65. The van der Waals surface area contributed by atoms with E-state index in [1.165, 1.54) is 11.1 Å². The summed E-state index contributed by atoms with van der Waals surface area (Å²) in [5.74, 6) is 0.721. The molecule has 2 aliphatic rings. The first-order valence-electron chi connectivity index (χ1n) is 12.5. The minimum atomic E-state index is -0.0359. The number of fused-ring (bicyclic) bond motifs is 2. The summed E-state index contributed by atoms with van der Waals surface area (Å²) in [7, 11) is 1.82. The highest BCUT2D eigenvalue weighted by molar-refractivity contribution is 5.82. The first-order valence-corrected chi connectivity index (χ1v) is 12.5. The molecule has 2 N–H and O–H groups in total. The normalized spacial score (nSPS) is 14.1. The van der Waals surface area contributed by atoms with Gasteiger partial charge in [0.25, 0.3) is 5.91 Å². The first kappa shape index (κ1) is 25.5. The van der Waals surface area contributed by atoms with E-state index in [-0.39, 0.29) is 12.5 Å². The Morgan fingerprint density at radius 2 is 1.89 bits per heavy atom. The lowest BCUT2D eigenvalue weighted by Crippen LogP contribution is -2.46. The average Bonchev–Trinajstić information content (AvgIpc) is 3.52. The Kier molecular flexibility index (Phi) is 8.14. The molecular weight excluding hydrogens is 452 g/mol. The van der Waals surface area contributed by atoms with E-state index in [2.05, 4.69) is 54.3 Å². The van der Waals surface area contributed by atoms with Crippen molar-refractivity contribution < 1.29 is 9.53 Å². The third-order valence-corrected chi connectivity index (χ3v) is 6.60. The van der Waals surface area contributed by atoms with Gasteiger partial charge in [0.05, 0.1) is 37.0 Å². The molecule has 0 saturated heterocycles. The molecule has 0 saturated carbocycles. The predicted octanol–water partition coefficient (Wildman–Crippen LogP) is 2.79. The van der Waals surface area contributed by atoms with E-state index in [4.69, 9.17) is 4.74 Å². The van der Waals surface area contributed by atoms with Crippen molar-refractivity contribution in [3.05, 3.63) is 70.9 Å². The van der Waals surface area contributed by atoms with E-state index < -0.39 is 0 Å². The molecule has 8 heteroatoms. The van der Waals surface area contributed by atoms with Gasteiger partial charge in [-0.15, -0.1) is 0 Å². The van der Waals surface area contributed by atoms with Gasteiger partial charge in [-0.2, -0.15) is 5.26 Å². The minimum absolute atomic E-state index is 0.0359. The molecule has 0 fully saturated rings. The van der Waals surface area contributed by atoms with E-state index >= 15 is 0 Å². The highest BCUT2D eigenvalue weighted by atomic mass is 16.5. The summed E-state index contributed by atoms with van der Waals surface area (Å²) in [6.45, 7) is 12.5. The maximum absolute atomic E-state index is 13.5. The van der Waals surface area contributed by atoms with Crippen molar-refractivity contribution in [2.24, 2.45) is 0 Å². The molecule has 1 amide bonds. The van der Waals surface area contributed by atoms with Crippen LogP contribution in [0.5, 0.6) is 5.75 Å². The van der Waals surface area contributed by atoms with Crippen molar-refractivity contribution in [2.45, 2.75) is 39.4 Å². The number of nitriles is 1. The molecule has 2 aromatic carbocycles. The highest BCUT2D eigenvalue weighted by Gasteiger charge is 2.28. The second kappa shape index (κ2) is 11.5. The van der Waals surface area contributed by atoms with Crippen molar-refractivity contribution in [3.8, 4) is 11.8 Å². The van der Waals surface area contributed by atoms with Crippen LogP contribution < -0.4 is 20.3 Å². The second-order valence-electron chi connectivity index (χ2n) is 9.70. The van der Waals surface area contributed by atoms with Gasteiger partial charge < -0.3 is 20.3 Å². The number of ether oxygens (including phenoxy) is 1. The van der Waals surface area contributed by atoms with Crippen molar-refractivity contribution in [2.75, 3.05) is 44.7 Å². The van der Waals surface area contributed by atoms with Crippen LogP contribution in [0.1, 0.15) is 36.1 Å². The monoisotopic (exact) mass is 488 g/mol. The molecule has 0 aromatic heterocycles. The van der Waals surface area contributed by atoms with Crippen LogP contribution in [-0.4, -0.2) is 61.8 Å². The van der Waals surface area contributed by atoms with Gasteiger partial charge in [0, 0.05) is 56.9 Å². The molecule has 0 bridgehead atoms. The van der Waals surface area contributed by atoms with E-state index in [0.29, 0.717) is 37.8 Å². The summed E-state index contributed by atoms with van der Waals surface area (Å²) in [5.41, 5.74) is 5.62. The number of hydrazine groups is 1. The van der Waals surface area contributed by atoms with Crippen LogP contribution in [0.15, 0.2) is 48.7 Å². The van der Waals surface area contributed by atoms with Crippen LogP contribution in [0.3, 0.4) is 0 Å². The molecule has 0 unspecified atom stereocenters. The van der Waals surface area contributed by atoms with Gasteiger partial charge in [-0.25, -0.2) is 5.01 Å². The smallest absolute Gasteiger partial charge is 0.256 e. The van der Waals surface area contributed by atoms with Crippen molar-refractivity contribution in [1.82, 2.24) is 20.7 Å². The maximum Gasteiger partial charge on any atom is 0.256 e. The zero-order valence-electron chi connectivity index (χ0n) is 21.5. The molecule has 0 aliphatic carbocycles. The molecule has 8 nitrogen and oxygen atoms in total. The SMILES string of the molecule is C=C(CN(CC(=O)N(C)N1Cc2ccccc2C1)c1cc(C#N)cc2c1OCC2)NCCNC(C)C. The van der Waals surface area contributed by atoms with Crippen molar-refractivity contribution in [3.63, 3.8) is 0 Å². The molecule has 2 aromatic rings. The van der Waals surface area contributed by atoms with Gasteiger partial charge in [0.15, 0.2) is 0 Å². The lowest BCUT2D eigenvalue weighted by Gasteiger charge is -2.32. The maximum atomic E-state index is 13.5. The lowest BCUT2D eigenvalue weighted by molar-refractivity contribution is -0.145. The molecule has 36 heavy (non-hydrogen) atoms. The number of anilines is 1. The molecular formula is C28H36N6O2. The third-order valence-electron chi connectivity index (χ3n) is 6.60. The molecule has 0 atom stereocenters. The zero-order valence-corrected chi connectivity index (χ0v) is 21.5. The summed E-state index contributed by atoms with van der Waals surface area (Å²) in [6, 6.07) is 14.6. The summed E-state index contributed by atoms with van der Waals surface area (Å²) in [4.78, 5) is 15.5. The van der Waals surface area contributed by atoms with Gasteiger partial charge >= 0.3 is 0 Å². The number of carbonyl (C=O) groups excluding carboxylic acids is 1. The number of nitrogens with zero attached hydrogens (tertiary/aromatic N) is 4. The number of rotatable bonds is 11. The number of benzene rings is 2. The number of hydrogen-bond donors (Lipinski definition) is 2. The molecule has 2 aliphatic heterocycles. The molecule has 2 heterocycles. The highest BCUT2D eigenvalue weighted by Crippen LogP contribution is 2.38. The van der Waals surface area contributed by atoms with Crippen LogP contribution in [0.2, 0.25) is 0 Å². The topological polar surface area (TPSA) is 83.9 Å². The number of hydrogen-bond acceptors (Lipinski definition) is 7. The number of likely N-dealkylation sites (N-methyl/N-ethyl adjacent to an activating group) is 1. The summed E-state index contributed by atoms with van der Waals surface area (Å²) >= 11 is 0. The largest absolute Gasteiger partial charge is 0.491 e. The van der Waals surface area contributed by atoms with Crippen LogP contribution in [0.4, 0.5) is 5.69 Å². The van der Waals surface area contributed by atoms with E-state index in [0.717, 1.165) is 42.2 Å². The fraction of sp³-hybridized carbons (Fsp3) is 0.429. The Balaban J connectivity index is 1.51. The van der Waals surface area contributed by atoms with Gasteiger partial charge in [-0.05, 0) is 23.3 Å². The Morgan fingerprint density at radius 3 is 2.56 bits per heavy atom. The van der Waals surface area contributed by atoms with E-state index in [9.17, 15) is 10.1 Å². The van der Waals surface area contributed by atoms with Gasteiger partial charge in [-0.1, -0.05) is 44.7 Å². The van der Waals surface area contributed by atoms with E-state index in [1.54, 1.807) is 5.01 Å². The Morgan fingerprint density at radius 1 is 1.17 bits per heavy atom. The molecule has 0 radical (unpaired) electrons. The van der Waals surface area contributed by atoms with Gasteiger partial charge in [-0.3, -0.25) is 9.80 Å². The van der Waals surface area contributed by atoms with Crippen molar-refractivity contribution >= 4 is 11.6 Å². The number of amides is 1. The Bertz CT molecular complexity index is 1130. The first-order chi connectivity index (χ1) is 17.4. The zero-order chi connectivity index (χ0) is 25.7. The Labute approximate surface area is 214 Å². The second-order valence-corrected chi connectivity index (χ2v) is 9.70. The standard InChI is InChI=1S/C28H36N6O2/c1-20(2)30-10-11-31-21(3)16-33(26-14-22(15-29)13-23-9-12-36-28(23)26)19-27(35)32(4)34-17-24-7-5-6-8-25(24)18-34/h5-8,13-14,20,30-31H,3,9-12,16-19H2,1-2,4H3. The quantitative estimate of drug-likeness (QED) is 0.471. The summed E-state index contributed by atoms with van der Waals surface area (Å²) < 4.78 is 5.95. The average molecular weight is 489 g/mol.